The first-order valence-electron chi connectivity index (χ1n) is 17.0. The average molecular weight is 701 g/mol. The zero-order chi connectivity index (χ0) is 34.4. The number of allylic oxidation sites excluding steroid dienone is 4. The molecule has 8 heteroatoms. The fraction of sp³-hybridized carbons (Fsp3) is 0.0233. The van der Waals surface area contributed by atoms with Crippen LogP contribution in [0.4, 0.5) is 34.1 Å². The topological polar surface area (TPSA) is 47.1 Å². The molecule has 0 atom stereocenters. The van der Waals surface area contributed by atoms with Gasteiger partial charge in [-0.3, -0.25) is 27.8 Å². The molecule has 2 aliphatic heterocycles. The van der Waals surface area contributed by atoms with Gasteiger partial charge in [0.15, 0.2) is 0 Å². The van der Waals surface area contributed by atoms with Crippen molar-refractivity contribution in [1.82, 2.24) is 0 Å². The third-order valence-corrected chi connectivity index (χ3v) is 15.4. The van der Waals surface area contributed by atoms with Crippen LogP contribution >= 0.6 is 14.9 Å². The van der Waals surface area contributed by atoms with Crippen LogP contribution in [0.5, 0.6) is 0 Å². The van der Waals surface area contributed by atoms with Gasteiger partial charge in [-0.2, -0.15) is 0 Å². The highest BCUT2D eigenvalue weighted by Crippen LogP contribution is 2.70. The number of fused-ring (bicyclic) bond motifs is 1. The van der Waals surface area contributed by atoms with E-state index in [9.17, 15) is 0 Å². The van der Waals surface area contributed by atoms with Gasteiger partial charge in [0.1, 0.15) is 0 Å². The molecule has 248 valence electrons. The number of hydrogen-bond donors (Lipinski definition) is 0. The molecule has 9 rings (SSSR count). The molecule has 0 aromatic heterocycles. The summed E-state index contributed by atoms with van der Waals surface area (Å²) in [4.78, 5) is 0. The number of anilines is 6. The molecule has 6 nitrogen and oxygen atoms in total. The lowest BCUT2D eigenvalue weighted by Crippen LogP contribution is -2.31. The molecule has 51 heavy (non-hydrogen) atoms. The van der Waals surface area contributed by atoms with Crippen LogP contribution in [0.2, 0.25) is 0 Å². The Hall–Kier alpha value is -5.80. The Balaban J connectivity index is 1.25. The number of rotatable bonds is 6. The van der Waals surface area contributed by atoms with Crippen LogP contribution in [0.3, 0.4) is 0 Å². The predicted octanol–water partition coefficient (Wildman–Crippen LogP) is 11.1. The Morgan fingerprint density at radius 1 is 0.353 bits per heavy atom. The zero-order valence-electron chi connectivity index (χ0n) is 27.7. The summed E-state index contributed by atoms with van der Waals surface area (Å²) in [5.41, 5.74) is 6.79. The van der Waals surface area contributed by atoms with E-state index in [0.717, 1.165) is 51.9 Å². The van der Waals surface area contributed by atoms with Gasteiger partial charge in [0, 0.05) is 22.7 Å². The van der Waals surface area contributed by atoms with Crippen LogP contribution in [0.25, 0.3) is 0 Å². The molecule has 0 saturated carbocycles. The molecule has 6 aromatic carbocycles. The normalized spacial score (nSPS) is 17.0. The Bertz CT molecular complexity index is 2280. The third-order valence-electron chi connectivity index (χ3n) is 9.49. The SMILES string of the molecule is O=P1(c2ccc(P3(=O)N(c4ccccc4)c4ccccc4N3c3ccccc3)cc2)N(c2ccccc2)C2=C(C=CCC=C2)N1c1ccccc1. The first-order chi connectivity index (χ1) is 25.1. The summed E-state index contributed by atoms with van der Waals surface area (Å²) in [6.07, 6.45) is 9.16. The van der Waals surface area contributed by atoms with Crippen LogP contribution in [-0.2, 0) is 9.13 Å². The highest BCUT2D eigenvalue weighted by molar-refractivity contribution is 7.76. The van der Waals surface area contributed by atoms with Crippen LogP contribution < -0.4 is 29.3 Å². The molecular formula is C43H34N4O2P2. The van der Waals surface area contributed by atoms with Gasteiger partial charge in [0.05, 0.1) is 33.4 Å². The van der Waals surface area contributed by atoms with Crippen molar-refractivity contribution in [2.24, 2.45) is 0 Å². The van der Waals surface area contributed by atoms with E-state index in [1.54, 1.807) is 0 Å². The summed E-state index contributed by atoms with van der Waals surface area (Å²) in [5.74, 6) is 0. The maximum Gasteiger partial charge on any atom is 0.301 e. The minimum Gasteiger partial charge on any atom is -0.270 e. The molecule has 0 bridgehead atoms. The fourth-order valence-electron chi connectivity index (χ4n) is 7.31. The first-order valence-corrected chi connectivity index (χ1v) is 20.2. The van der Waals surface area contributed by atoms with Crippen molar-refractivity contribution in [3.8, 4) is 0 Å². The Kier molecular flexibility index (Phi) is 7.65. The number of para-hydroxylation sites is 6. The van der Waals surface area contributed by atoms with E-state index < -0.39 is 14.9 Å². The minimum atomic E-state index is -3.62. The number of benzene rings is 6. The first kappa shape index (κ1) is 31.2. The number of hydrogen-bond acceptors (Lipinski definition) is 2. The molecule has 3 aliphatic rings. The Labute approximate surface area is 298 Å². The smallest absolute Gasteiger partial charge is 0.270 e. The average Bonchev–Trinajstić information content (AvgIpc) is 3.47. The summed E-state index contributed by atoms with van der Waals surface area (Å²) in [6.45, 7) is 0. The van der Waals surface area contributed by atoms with Crippen molar-refractivity contribution >= 4 is 59.6 Å². The van der Waals surface area contributed by atoms with Gasteiger partial charge in [-0.1, -0.05) is 97.1 Å². The quantitative estimate of drug-likeness (QED) is 0.161. The highest BCUT2D eigenvalue weighted by Gasteiger charge is 2.51. The van der Waals surface area contributed by atoms with E-state index in [-0.39, 0.29) is 0 Å². The molecular weight excluding hydrogens is 666 g/mol. The van der Waals surface area contributed by atoms with Crippen LogP contribution in [0.15, 0.2) is 206 Å². The third kappa shape index (κ3) is 4.86. The van der Waals surface area contributed by atoms with E-state index in [2.05, 4.69) is 24.3 Å². The molecule has 0 N–H and O–H groups in total. The summed E-state index contributed by atoms with van der Waals surface area (Å²) in [7, 11) is -7.22. The van der Waals surface area contributed by atoms with Gasteiger partial charge in [0.25, 0.3) is 0 Å². The van der Waals surface area contributed by atoms with Gasteiger partial charge in [-0.05, 0) is 104 Å². The molecule has 6 aromatic rings. The second-order valence-corrected chi connectivity index (χ2v) is 17.3. The summed E-state index contributed by atoms with van der Waals surface area (Å²) >= 11 is 0. The predicted molar refractivity (Wildman–Crippen MR) is 212 cm³/mol. The van der Waals surface area contributed by atoms with Crippen molar-refractivity contribution in [3.05, 3.63) is 206 Å². The van der Waals surface area contributed by atoms with Gasteiger partial charge >= 0.3 is 14.9 Å². The van der Waals surface area contributed by atoms with Crippen molar-refractivity contribution in [2.45, 2.75) is 6.42 Å². The van der Waals surface area contributed by atoms with Gasteiger partial charge < -0.3 is 0 Å². The molecule has 0 fully saturated rings. The molecule has 0 radical (unpaired) electrons. The summed E-state index contributed by atoms with van der Waals surface area (Å²) < 4.78 is 40.4. The van der Waals surface area contributed by atoms with Crippen LogP contribution in [0, 0.1) is 0 Å². The van der Waals surface area contributed by atoms with Crippen LogP contribution in [0.1, 0.15) is 6.42 Å². The van der Waals surface area contributed by atoms with Gasteiger partial charge in [-0.15, -0.1) is 0 Å². The van der Waals surface area contributed by atoms with Crippen LogP contribution in [-0.4, -0.2) is 0 Å². The van der Waals surface area contributed by atoms with E-state index >= 15 is 9.13 Å². The van der Waals surface area contributed by atoms with Crippen molar-refractivity contribution in [2.75, 3.05) is 18.7 Å². The second kappa shape index (κ2) is 12.5. The fourth-order valence-corrected chi connectivity index (χ4v) is 13.3. The van der Waals surface area contributed by atoms with E-state index in [1.807, 2.05) is 189 Å². The molecule has 0 amide bonds. The zero-order valence-corrected chi connectivity index (χ0v) is 29.5. The molecule has 2 heterocycles. The molecule has 0 spiro atoms. The van der Waals surface area contributed by atoms with E-state index in [4.69, 9.17) is 0 Å². The number of nitrogens with zero attached hydrogens (tertiary/aromatic N) is 4. The van der Waals surface area contributed by atoms with E-state index in [1.165, 1.54) is 0 Å². The Morgan fingerprint density at radius 3 is 1.00 bits per heavy atom. The van der Waals surface area contributed by atoms with Gasteiger partial charge in [-0.25, -0.2) is 0 Å². The summed E-state index contributed by atoms with van der Waals surface area (Å²) in [5, 5.41) is 1.27. The molecule has 0 saturated heterocycles. The largest absolute Gasteiger partial charge is 0.301 e. The lowest BCUT2D eigenvalue weighted by molar-refractivity contribution is 0.580. The van der Waals surface area contributed by atoms with Gasteiger partial charge in [0.2, 0.25) is 0 Å². The minimum absolute atomic E-state index is 0.632. The standard InChI is InChI=1S/C43H34N4O2P2/c48-50(44(34-18-6-1-7-19-34)40-26-14-5-15-27-41(40)45(50)35-20-8-2-9-21-35)38-30-32-39(33-31-38)51(49)46(36-22-10-3-11-23-36)42-28-16-17-29-43(42)47(51)37-24-12-4-13-25-37/h1-4,6-33H,5H2. The van der Waals surface area contributed by atoms with Crippen molar-refractivity contribution in [1.29, 1.82) is 0 Å². The molecule has 0 unspecified atom stereocenters. The molecule has 1 aliphatic carbocycles. The second-order valence-electron chi connectivity index (χ2n) is 12.5. The monoisotopic (exact) mass is 700 g/mol. The lowest BCUT2D eigenvalue weighted by atomic mass is 10.2. The highest BCUT2D eigenvalue weighted by atomic mass is 31.2. The van der Waals surface area contributed by atoms with Crippen molar-refractivity contribution < 1.29 is 9.13 Å². The van der Waals surface area contributed by atoms with E-state index in [0.29, 0.717) is 10.6 Å². The maximum atomic E-state index is 16.3. The summed E-state index contributed by atoms with van der Waals surface area (Å²) in [6, 6.07) is 55.4. The van der Waals surface area contributed by atoms with Crippen molar-refractivity contribution in [3.63, 3.8) is 0 Å². The maximum absolute atomic E-state index is 16.3. The lowest BCUT2D eigenvalue weighted by Gasteiger charge is -2.35. The Morgan fingerprint density at radius 2 is 0.647 bits per heavy atom.